The van der Waals surface area contributed by atoms with Crippen LogP contribution in [0.1, 0.15) is 47.8 Å². The van der Waals surface area contributed by atoms with Gasteiger partial charge < -0.3 is 9.14 Å². The average molecular weight is 321 g/mol. The first-order valence-corrected chi connectivity index (χ1v) is 8.34. The molecule has 0 spiro atoms. The summed E-state index contributed by atoms with van der Waals surface area (Å²) in [5.74, 6) is 1.26. The zero-order valence-electron chi connectivity index (χ0n) is 14.7. The van der Waals surface area contributed by atoms with E-state index in [0.29, 0.717) is 11.6 Å². The first-order valence-electron chi connectivity index (χ1n) is 8.34. The number of rotatable bonds is 5. The summed E-state index contributed by atoms with van der Waals surface area (Å²) in [4.78, 5) is 11.8. The Morgan fingerprint density at radius 3 is 2.67 bits per heavy atom. The lowest BCUT2D eigenvalue weighted by atomic mass is 9.94. The van der Waals surface area contributed by atoms with Crippen molar-refractivity contribution in [1.29, 1.82) is 0 Å². The average Bonchev–Trinajstić information content (AvgIpc) is 3.00. The summed E-state index contributed by atoms with van der Waals surface area (Å²) in [6.07, 6.45) is 3.93. The highest BCUT2D eigenvalue weighted by molar-refractivity contribution is 5.92. The smallest absolute Gasteiger partial charge is 0.167 e. The van der Waals surface area contributed by atoms with Crippen molar-refractivity contribution in [1.82, 2.24) is 4.40 Å². The van der Waals surface area contributed by atoms with Crippen molar-refractivity contribution in [2.45, 2.75) is 33.1 Å². The molecule has 1 unspecified atom stereocenters. The second-order valence-electron chi connectivity index (χ2n) is 6.28. The van der Waals surface area contributed by atoms with Crippen LogP contribution in [0.4, 0.5) is 0 Å². The molecule has 0 radical (unpaired) electrons. The van der Waals surface area contributed by atoms with Crippen molar-refractivity contribution in [3.8, 4) is 16.9 Å². The number of ether oxygens (including phenoxy) is 1. The maximum Gasteiger partial charge on any atom is 0.167 e. The van der Waals surface area contributed by atoms with Crippen LogP contribution in [-0.4, -0.2) is 17.8 Å². The number of carbonyl (C=O) groups is 1. The monoisotopic (exact) mass is 321 g/mol. The van der Waals surface area contributed by atoms with E-state index in [1.165, 1.54) is 5.56 Å². The van der Waals surface area contributed by atoms with Gasteiger partial charge in [-0.1, -0.05) is 26.0 Å². The number of methoxy groups -OCH3 is 1. The van der Waals surface area contributed by atoms with Crippen LogP contribution in [0.3, 0.4) is 0 Å². The summed E-state index contributed by atoms with van der Waals surface area (Å²) < 4.78 is 7.52. The van der Waals surface area contributed by atoms with Gasteiger partial charge in [0.1, 0.15) is 5.75 Å². The zero-order valence-corrected chi connectivity index (χ0v) is 14.7. The molecule has 2 aromatic heterocycles. The van der Waals surface area contributed by atoms with Crippen LogP contribution in [0.15, 0.2) is 42.6 Å². The van der Waals surface area contributed by atoms with Crippen LogP contribution in [0.2, 0.25) is 0 Å². The largest absolute Gasteiger partial charge is 0.496 e. The van der Waals surface area contributed by atoms with Gasteiger partial charge in [0.05, 0.1) is 12.8 Å². The van der Waals surface area contributed by atoms with Gasteiger partial charge in [-0.3, -0.25) is 4.79 Å². The van der Waals surface area contributed by atoms with Gasteiger partial charge in [-0.05, 0) is 54.7 Å². The number of hydrogen-bond donors (Lipinski definition) is 0. The highest BCUT2D eigenvalue weighted by atomic mass is 16.5. The molecular weight excluding hydrogens is 298 g/mol. The Balaban J connectivity index is 2.30. The zero-order chi connectivity index (χ0) is 17.3. The molecule has 1 aromatic carbocycles. The van der Waals surface area contributed by atoms with E-state index in [4.69, 9.17) is 4.74 Å². The maximum atomic E-state index is 11.8. The van der Waals surface area contributed by atoms with Gasteiger partial charge in [0.15, 0.2) is 6.29 Å². The Morgan fingerprint density at radius 2 is 2.00 bits per heavy atom. The lowest BCUT2D eigenvalue weighted by Crippen LogP contribution is -1.97. The quantitative estimate of drug-likeness (QED) is 0.601. The van der Waals surface area contributed by atoms with Crippen molar-refractivity contribution in [3.05, 3.63) is 59.4 Å². The second kappa shape index (κ2) is 6.52. The number of aromatic nitrogens is 1. The molecule has 3 heteroatoms. The van der Waals surface area contributed by atoms with Gasteiger partial charge in [0.25, 0.3) is 0 Å². The Morgan fingerprint density at radius 1 is 1.21 bits per heavy atom. The fourth-order valence-corrected chi connectivity index (χ4v) is 3.18. The molecular formula is C21H23NO2. The predicted octanol–water partition coefficient (Wildman–Crippen LogP) is 5.25. The number of fused-ring (bicyclic) bond motifs is 1. The van der Waals surface area contributed by atoms with Gasteiger partial charge in [-0.15, -0.1) is 0 Å². The van der Waals surface area contributed by atoms with Crippen LogP contribution in [0.25, 0.3) is 16.6 Å². The molecule has 0 aliphatic carbocycles. The highest BCUT2D eigenvalue weighted by Gasteiger charge is 2.17. The molecule has 0 aliphatic rings. The van der Waals surface area contributed by atoms with Crippen LogP contribution in [0.5, 0.6) is 5.75 Å². The lowest BCUT2D eigenvalue weighted by molar-refractivity contribution is 0.111. The molecule has 3 rings (SSSR count). The van der Waals surface area contributed by atoms with E-state index >= 15 is 0 Å². The fraction of sp³-hybridized carbons (Fsp3) is 0.286. The molecule has 3 aromatic rings. The standard InChI is InChI=1S/C21H23NO2/c1-5-14(2)16-8-9-21(24-4)18(11-16)17-12-19-15(3)7-6-10-22(19)20(17)13-23/h6-14H,5H2,1-4H3. The van der Waals surface area contributed by atoms with E-state index in [2.05, 4.69) is 45.0 Å². The molecule has 1 atom stereocenters. The van der Waals surface area contributed by atoms with Crippen LogP contribution in [-0.2, 0) is 0 Å². The molecule has 2 heterocycles. The van der Waals surface area contributed by atoms with Gasteiger partial charge >= 0.3 is 0 Å². The Bertz CT molecular complexity index is 892. The number of nitrogens with zero attached hydrogens (tertiary/aromatic N) is 1. The van der Waals surface area contributed by atoms with E-state index in [1.807, 2.05) is 22.7 Å². The normalized spacial score (nSPS) is 12.3. The minimum Gasteiger partial charge on any atom is -0.496 e. The van der Waals surface area contributed by atoms with Crippen molar-refractivity contribution in [2.24, 2.45) is 0 Å². The lowest BCUT2D eigenvalue weighted by Gasteiger charge is -2.14. The summed E-state index contributed by atoms with van der Waals surface area (Å²) in [5.41, 5.74) is 6.00. The summed E-state index contributed by atoms with van der Waals surface area (Å²) in [6.45, 7) is 6.45. The first-order chi connectivity index (χ1) is 11.6. The number of carbonyl (C=O) groups excluding carboxylic acids is 1. The predicted molar refractivity (Wildman–Crippen MR) is 98.2 cm³/mol. The van der Waals surface area contributed by atoms with Crippen molar-refractivity contribution < 1.29 is 9.53 Å². The van der Waals surface area contributed by atoms with E-state index in [9.17, 15) is 4.79 Å². The van der Waals surface area contributed by atoms with Gasteiger partial charge in [-0.25, -0.2) is 0 Å². The molecule has 0 aliphatic heterocycles. The molecule has 3 nitrogen and oxygen atoms in total. The van der Waals surface area contributed by atoms with Crippen molar-refractivity contribution >= 4 is 11.8 Å². The molecule has 124 valence electrons. The number of aryl methyl sites for hydroxylation is 1. The molecule has 0 bridgehead atoms. The number of aldehydes is 1. The maximum absolute atomic E-state index is 11.8. The van der Waals surface area contributed by atoms with Gasteiger partial charge in [-0.2, -0.15) is 0 Å². The SMILES string of the molecule is CCC(C)c1ccc(OC)c(-c2cc3c(C)cccn3c2C=O)c1. The van der Waals surface area contributed by atoms with Crippen LogP contribution < -0.4 is 4.74 Å². The van der Waals surface area contributed by atoms with Gasteiger partial charge in [0, 0.05) is 22.8 Å². The van der Waals surface area contributed by atoms with Crippen molar-refractivity contribution in [3.63, 3.8) is 0 Å². The third-order valence-corrected chi connectivity index (χ3v) is 4.87. The van der Waals surface area contributed by atoms with E-state index in [1.54, 1.807) is 7.11 Å². The molecule has 24 heavy (non-hydrogen) atoms. The second-order valence-corrected chi connectivity index (χ2v) is 6.28. The third kappa shape index (κ3) is 2.60. The number of benzene rings is 1. The molecule has 0 fully saturated rings. The Kier molecular flexibility index (Phi) is 4.43. The van der Waals surface area contributed by atoms with E-state index in [0.717, 1.165) is 40.7 Å². The van der Waals surface area contributed by atoms with Gasteiger partial charge in [0.2, 0.25) is 0 Å². The van der Waals surface area contributed by atoms with Crippen LogP contribution in [0, 0.1) is 6.92 Å². The topological polar surface area (TPSA) is 30.7 Å². The van der Waals surface area contributed by atoms with Crippen LogP contribution >= 0.6 is 0 Å². The molecule has 0 saturated heterocycles. The number of pyridine rings is 1. The molecule has 0 amide bonds. The third-order valence-electron chi connectivity index (χ3n) is 4.87. The summed E-state index contributed by atoms with van der Waals surface area (Å²) in [7, 11) is 1.67. The first kappa shape index (κ1) is 16.3. The van der Waals surface area contributed by atoms with Crippen molar-refractivity contribution in [2.75, 3.05) is 7.11 Å². The Hall–Kier alpha value is -2.55. The molecule has 0 saturated carbocycles. The number of hydrogen-bond acceptors (Lipinski definition) is 2. The fourth-order valence-electron chi connectivity index (χ4n) is 3.18. The Labute approximate surface area is 142 Å². The minimum absolute atomic E-state index is 0.466. The highest BCUT2D eigenvalue weighted by Crippen LogP contribution is 2.37. The molecule has 0 N–H and O–H groups in total. The summed E-state index contributed by atoms with van der Waals surface area (Å²) >= 11 is 0. The van der Waals surface area contributed by atoms with E-state index < -0.39 is 0 Å². The minimum atomic E-state index is 0.466. The van der Waals surface area contributed by atoms with E-state index in [-0.39, 0.29) is 0 Å². The summed E-state index contributed by atoms with van der Waals surface area (Å²) in [6, 6.07) is 12.4. The summed E-state index contributed by atoms with van der Waals surface area (Å²) in [5, 5.41) is 0.